The molecule has 2 atom stereocenters. The van der Waals surface area contributed by atoms with Crippen molar-refractivity contribution in [3.05, 3.63) is 23.9 Å². The SMILES string of the molecule is COc1ncccc1C(=O)NC1CCC(C)C1. The highest BCUT2D eigenvalue weighted by molar-refractivity contribution is 5.96. The molecule has 1 aliphatic rings. The van der Waals surface area contributed by atoms with Crippen molar-refractivity contribution in [3.8, 4) is 5.88 Å². The lowest BCUT2D eigenvalue weighted by atomic mass is 10.1. The van der Waals surface area contributed by atoms with Crippen LogP contribution in [0, 0.1) is 5.92 Å². The monoisotopic (exact) mass is 234 g/mol. The minimum absolute atomic E-state index is 0.0888. The molecule has 0 spiro atoms. The van der Waals surface area contributed by atoms with Gasteiger partial charge in [-0.15, -0.1) is 0 Å². The number of rotatable bonds is 3. The number of hydrogen-bond acceptors (Lipinski definition) is 3. The van der Waals surface area contributed by atoms with Crippen LogP contribution in [-0.4, -0.2) is 24.0 Å². The zero-order valence-corrected chi connectivity index (χ0v) is 10.3. The van der Waals surface area contributed by atoms with Gasteiger partial charge in [-0.2, -0.15) is 0 Å². The molecule has 0 saturated heterocycles. The molecule has 0 aromatic carbocycles. The number of pyridine rings is 1. The number of nitrogens with zero attached hydrogens (tertiary/aromatic N) is 1. The summed E-state index contributed by atoms with van der Waals surface area (Å²) < 4.78 is 5.08. The predicted molar refractivity (Wildman–Crippen MR) is 65.1 cm³/mol. The van der Waals surface area contributed by atoms with Crippen molar-refractivity contribution in [2.45, 2.75) is 32.2 Å². The largest absolute Gasteiger partial charge is 0.480 e. The Kier molecular flexibility index (Phi) is 3.61. The summed E-state index contributed by atoms with van der Waals surface area (Å²) in [5.41, 5.74) is 0.509. The Balaban J connectivity index is 2.04. The molecule has 92 valence electrons. The van der Waals surface area contributed by atoms with Crippen molar-refractivity contribution in [1.29, 1.82) is 0 Å². The van der Waals surface area contributed by atoms with Gasteiger partial charge in [0.15, 0.2) is 0 Å². The molecule has 1 amide bonds. The minimum Gasteiger partial charge on any atom is -0.480 e. The van der Waals surface area contributed by atoms with E-state index in [-0.39, 0.29) is 5.91 Å². The minimum atomic E-state index is -0.0888. The topological polar surface area (TPSA) is 51.2 Å². The summed E-state index contributed by atoms with van der Waals surface area (Å²) in [6.45, 7) is 2.22. The molecule has 17 heavy (non-hydrogen) atoms. The van der Waals surface area contributed by atoms with Crippen LogP contribution in [0.3, 0.4) is 0 Å². The highest BCUT2D eigenvalue weighted by Gasteiger charge is 2.24. The molecular weight excluding hydrogens is 216 g/mol. The molecule has 1 aromatic heterocycles. The van der Waals surface area contributed by atoms with E-state index >= 15 is 0 Å². The van der Waals surface area contributed by atoms with E-state index in [0.717, 1.165) is 12.8 Å². The third-order valence-corrected chi connectivity index (χ3v) is 3.24. The van der Waals surface area contributed by atoms with E-state index in [0.29, 0.717) is 23.4 Å². The molecule has 1 saturated carbocycles. The first-order valence-corrected chi connectivity index (χ1v) is 6.00. The Labute approximate surface area is 101 Å². The van der Waals surface area contributed by atoms with Crippen LogP contribution in [-0.2, 0) is 0 Å². The Bertz CT molecular complexity index is 406. The second kappa shape index (κ2) is 5.17. The van der Waals surface area contributed by atoms with Gasteiger partial charge in [0.25, 0.3) is 5.91 Å². The lowest BCUT2D eigenvalue weighted by Gasteiger charge is -2.13. The summed E-state index contributed by atoms with van der Waals surface area (Å²) in [6.07, 6.45) is 4.94. The fraction of sp³-hybridized carbons (Fsp3) is 0.538. The van der Waals surface area contributed by atoms with Crippen LogP contribution in [0.2, 0.25) is 0 Å². The number of aromatic nitrogens is 1. The lowest BCUT2D eigenvalue weighted by molar-refractivity contribution is 0.0933. The maximum absolute atomic E-state index is 12.1. The number of nitrogens with one attached hydrogen (secondary N) is 1. The normalized spacial score (nSPS) is 23.4. The molecule has 1 heterocycles. The quantitative estimate of drug-likeness (QED) is 0.870. The lowest BCUT2D eigenvalue weighted by Crippen LogP contribution is -2.33. The highest BCUT2D eigenvalue weighted by Crippen LogP contribution is 2.25. The van der Waals surface area contributed by atoms with Gasteiger partial charge in [-0.3, -0.25) is 4.79 Å². The molecule has 2 rings (SSSR count). The summed E-state index contributed by atoms with van der Waals surface area (Å²) in [6, 6.07) is 3.77. The first-order valence-electron chi connectivity index (χ1n) is 6.00. The molecule has 1 aliphatic carbocycles. The average molecular weight is 234 g/mol. The Hall–Kier alpha value is -1.58. The van der Waals surface area contributed by atoms with Crippen molar-refractivity contribution >= 4 is 5.91 Å². The molecular formula is C13H18N2O2. The molecule has 0 aliphatic heterocycles. The third kappa shape index (κ3) is 2.75. The first kappa shape index (κ1) is 11.9. The molecule has 0 radical (unpaired) electrons. The van der Waals surface area contributed by atoms with Gasteiger partial charge in [0.05, 0.1) is 7.11 Å². The maximum atomic E-state index is 12.1. The Morgan fingerprint density at radius 1 is 1.53 bits per heavy atom. The van der Waals surface area contributed by atoms with E-state index in [1.165, 1.54) is 13.5 Å². The van der Waals surface area contributed by atoms with E-state index in [1.54, 1.807) is 18.3 Å². The smallest absolute Gasteiger partial charge is 0.256 e. The predicted octanol–water partition coefficient (Wildman–Crippen LogP) is 2.01. The van der Waals surface area contributed by atoms with Gasteiger partial charge in [-0.25, -0.2) is 4.98 Å². The number of amides is 1. The zero-order valence-electron chi connectivity index (χ0n) is 10.3. The van der Waals surface area contributed by atoms with Gasteiger partial charge in [0, 0.05) is 12.2 Å². The number of ether oxygens (including phenoxy) is 1. The van der Waals surface area contributed by atoms with Gasteiger partial charge >= 0.3 is 0 Å². The van der Waals surface area contributed by atoms with E-state index in [4.69, 9.17) is 4.74 Å². The highest BCUT2D eigenvalue weighted by atomic mass is 16.5. The molecule has 1 fully saturated rings. The van der Waals surface area contributed by atoms with E-state index in [9.17, 15) is 4.79 Å². The molecule has 4 nitrogen and oxygen atoms in total. The van der Waals surface area contributed by atoms with Crippen molar-refractivity contribution in [2.75, 3.05) is 7.11 Å². The number of hydrogen-bond donors (Lipinski definition) is 1. The summed E-state index contributed by atoms with van der Waals surface area (Å²) in [5.74, 6) is 1.00. The average Bonchev–Trinajstić information content (AvgIpc) is 2.74. The molecule has 4 heteroatoms. The van der Waals surface area contributed by atoms with Crippen molar-refractivity contribution in [2.24, 2.45) is 5.92 Å². The van der Waals surface area contributed by atoms with Gasteiger partial charge in [-0.05, 0) is 37.3 Å². The summed E-state index contributed by atoms with van der Waals surface area (Å²) in [4.78, 5) is 16.1. The van der Waals surface area contributed by atoms with Gasteiger partial charge in [0.2, 0.25) is 5.88 Å². The summed E-state index contributed by atoms with van der Waals surface area (Å²) in [5, 5.41) is 3.04. The van der Waals surface area contributed by atoms with Gasteiger partial charge in [0.1, 0.15) is 5.56 Å². The van der Waals surface area contributed by atoms with Crippen molar-refractivity contribution in [1.82, 2.24) is 10.3 Å². The van der Waals surface area contributed by atoms with Crippen LogP contribution in [0.25, 0.3) is 0 Å². The van der Waals surface area contributed by atoms with Crippen LogP contribution >= 0.6 is 0 Å². The Morgan fingerprint density at radius 3 is 3.00 bits per heavy atom. The van der Waals surface area contributed by atoms with Crippen LogP contribution in [0.4, 0.5) is 0 Å². The van der Waals surface area contributed by atoms with Gasteiger partial charge < -0.3 is 10.1 Å². The standard InChI is InChI=1S/C13H18N2O2/c1-9-5-6-10(8-9)15-12(16)11-4-3-7-14-13(11)17-2/h3-4,7,9-10H,5-6,8H2,1-2H3,(H,15,16). The number of carbonyl (C=O) groups excluding carboxylic acids is 1. The van der Waals surface area contributed by atoms with Gasteiger partial charge in [-0.1, -0.05) is 6.92 Å². The second-order valence-electron chi connectivity index (χ2n) is 4.65. The second-order valence-corrected chi connectivity index (χ2v) is 4.65. The zero-order chi connectivity index (χ0) is 12.3. The van der Waals surface area contributed by atoms with Crippen LogP contribution in [0.5, 0.6) is 5.88 Å². The third-order valence-electron chi connectivity index (χ3n) is 3.24. The summed E-state index contributed by atoms with van der Waals surface area (Å²) in [7, 11) is 1.52. The van der Waals surface area contributed by atoms with E-state index in [2.05, 4.69) is 17.2 Å². The van der Waals surface area contributed by atoms with Crippen LogP contribution < -0.4 is 10.1 Å². The van der Waals surface area contributed by atoms with E-state index < -0.39 is 0 Å². The van der Waals surface area contributed by atoms with Crippen LogP contribution in [0.15, 0.2) is 18.3 Å². The molecule has 1 aromatic rings. The van der Waals surface area contributed by atoms with Crippen molar-refractivity contribution in [3.63, 3.8) is 0 Å². The summed E-state index contributed by atoms with van der Waals surface area (Å²) >= 11 is 0. The first-order chi connectivity index (χ1) is 8.20. The molecule has 0 bridgehead atoms. The fourth-order valence-electron chi connectivity index (χ4n) is 2.33. The fourth-order valence-corrected chi connectivity index (χ4v) is 2.33. The maximum Gasteiger partial charge on any atom is 0.256 e. The van der Waals surface area contributed by atoms with Crippen LogP contribution in [0.1, 0.15) is 36.5 Å². The van der Waals surface area contributed by atoms with Crippen molar-refractivity contribution < 1.29 is 9.53 Å². The molecule has 2 unspecified atom stereocenters. The Morgan fingerprint density at radius 2 is 2.35 bits per heavy atom. The number of carbonyl (C=O) groups is 1. The van der Waals surface area contributed by atoms with E-state index in [1.807, 2.05) is 0 Å². The molecule has 1 N–H and O–H groups in total. The number of methoxy groups -OCH3 is 1.